The molecule has 0 amide bonds. The molecule has 2 aliphatic rings. The zero-order chi connectivity index (χ0) is 32.3. The van der Waals surface area contributed by atoms with Gasteiger partial charge in [0.1, 0.15) is 5.82 Å². The third-order valence-electron chi connectivity index (χ3n) is 10.3. The summed E-state index contributed by atoms with van der Waals surface area (Å²) in [4.78, 5) is 5.26. The van der Waals surface area contributed by atoms with Gasteiger partial charge in [-0.1, -0.05) is 133 Å². The third kappa shape index (κ3) is 4.52. The SMILES string of the molecule is C1=CCC2C(=C1)C(c1ccc3ccccc3c1)=c1ccc(-c3nc4ccccc4n3-c3ccccc3)cc1=C2c1ccc2ccccc2c1. The Morgan fingerprint density at radius 2 is 1.18 bits per heavy atom. The molecule has 0 bridgehead atoms. The van der Waals surface area contributed by atoms with Gasteiger partial charge >= 0.3 is 0 Å². The molecule has 1 unspecified atom stereocenters. The number of imidazole rings is 1. The van der Waals surface area contributed by atoms with E-state index in [1.165, 1.54) is 59.8 Å². The normalized spacial score (nSPS) is 15.4. The summed E-state index contributed by atoms with van der Waals surface area (Å²) in [6.45, 7) is 0. The summed E-state index contributed by atoms with van der Waals surface area (Å²) in [6.07, 6.45) is 7.88. The molecule has 1 atom stereocenters. The molecule has 1 heterocycles. The summed E-state index contributed by atoms with van der Waals surface area (Å²) in [5.41, 5.74) is 10.9. The van der Waals surface area contributed by atoms with Crippen LogP contribution in [0, 0.1) is 5.92 Å². The van der Waals surface area contributed by atoms with Crippen molar-refractivity contribution in [3.63, 3.8) is 0 Å². The number of fused-ring (bicyclic) bond motifs is 5. The lowest BCUT2D eigenvalue weighted by molar-refractivity contribution is 0.798. The number of aromatic nitrogens is 2. The second kappa shape index (κ2) is 11.2. The summed E-state index contributed by atoms with van der Waals surface area (Å²) in [6, 6.07) is 57.4. The molecule has 0 saturated carbocycles. The maximum Gasteiger partial charge on any atom is 0.145 e. The van der Waals surface area contributed by atoms with Gasteiger partial charge in [-0.05, 0) is 109 Å². The molecule has 2 nitrogen and oxygen atoms in total. The molecule has 0 radical (unpaired) electrons. The predicted molar refractivity (Wildman–Crippen MR) is 204 cm³/mol. The smallest absolute Gasteiger partial charge is 0.145 e. The van der Waals surface area contributed by atoms with Crippen molar-refractivity contribution >= 4 is 43.7 Å². The number of hydrogen-bond acceptors (Lipinski definition) is 1. The minimum absolute atomic E-state index is 0.225. The highest BCUT2D eigenvalue weighted by Gasteiger charge is 2.30. The summed E-state index contributed by atoms with van der Waals surface area (Å²) in [5.74, 6) is 1.17. The van der Waals surface area contributed by atoms with Crippen molar-refractivity contribution in [3.05, 3.63) is 203 Å². The highest BCUT2D eigenvalue weighted by molar-refractivity contribution is 5.95. The largest absolute Gasteiger partial charge is 0.292 e. The number of allylic oxidation sites excluding steroid dienone is 4. The Labute approximate surface area is 284 Å². The van der Waals surface area contributed by atoms with Gasteiger partial charge in [-0.25, -0.2) is 4.98 Å². The fraction of sp³-hybridized carbons (Fsp3) is 0.0426. The molecule has 0 aliphatic heterocycles. The van der Waals surface area contributed by atoms with Crippen LogP contribution in [-0.2, 0) is 0 Å². The van der Waals surface area contributed by atoms with Crippen LogP contribution in [0.4, 0.5) is 0 Å². The predicted octanol–water partition coefficient (Wildman–Crippen LogP) is 9.91. The first-order chi connectivity index (χ1) is 24.3. The van der Waals surface area contributed by atoms with E-state index < -0.39 is 0 Å². The van der Waals surface area contributed by atoms with Gasteiger partial charge in [-0.2, -0.15) is 0 Å². The van der Waals surface area contributed by atoms with Crippen molar-refractivity contribution < 1.29 is 0 Å². The number of nitrogens with zero attached hydrogens (tertiary/aromatic N) is 2. The van der Waals surface area contributed by atoms with Gasteiger partial charge in [0.25, 0.3) is 0 Å². The van der Waals surface area contributed by atoms with Gasteiger partial charge < -0.3 is 0 Å². The van der Waals surface area contributed by atoms with Crippen LogP contribution < -0.4 is 10.4 Å². The molecule has 7 aromatic carbocycles. The Hall–Kier alpha value is -6.25. The van der Waals surface area contributed by atoms with E-state index in [1.807, 2.05) is 0 Å². The van der Waals surface area contributed by atoms with Crippen molar-refractivity contribution in [1.82, 2.24) is 9.55 Å². The zero-order valence-electron chi connectivity index (χ0n) is 26.9. The Balaban J connectivity index is 1.33. The zero-order valence-corrected chi connectivity index (χ0v) is 26.9. The first-order valence-corrected chi connectivity index (χ1v) is 17.1. The monoisotopic (exact) mass is 624 g/mol. The van der Waals surface area contributed by atoms with Crippen LogP contribution in [0.3, 0.4) is 0 Å². The average Bonchev–Trinajstić information content (AvgIpc) is 3.56. The fourth-order valence-corrected chi connectivity index (χ4v) is 8.07. The molecule has 10 rings (SSSR count). The Morgan fingerprint density at radius 3 is 1.98 bits per heavy atom. The van der Waals surface area contributed by atoms with Crippen LogP contribution in [0.25, 0.3) is 60.8 Å². The molecule has 0 N–H and O–H groups in total. The summed E-state index contributed by atoms with van der Waals surface area (Å²) < 4.78 is 2.30. The molecule has 230 valence electrons. The van der Waals surface area contributed by atoms with Gasteiger partial charge in [0.2, 0.25) is 0 Å². The van der Waals surface area contributed by atoms with E-state index in [0.29, 0.717) is 0 Å². The van der Waals surface area contributed by atoms with Crippen molar-refractivity contribution in [3.8, 4) is 17.1 Å². The summed E-state index contributed by atoms with van der Waals surface area (Å²) in [7, 11) is 0. The molecule has 0 fully saturated rings. The van der Waals surface area contributed by atoms with Crippen LogP contribution in [-0.4, -0.2) is 9.55 Å². The van der Waals surface area contributed by atoms with Crippen molar-refractivity contribution in [1.29, 1.82) is 0 Å². The quantitative estimate of drug-likeness (QED) is 0.191. The van der Waals surface area contributed by atoms with Crippen LogP contribution >= 0.6 is 0 Å². The van der Waals surface area contributed by atoms with Crippen LogP contribution in [0.5, 0.6) is 0 Å². The van der Waals surface area contributed by atoms with Crippen LogP contribution in [0.15, 0.2) is 182 Å². The van der Waals surface area contributed by atoms with E-state index >= 15 is 0 Å². The molecule has 8 aromatic rings. The standard InChI is InChI=1S/C47H32N2/c1-2-16-38(17-3-1)49-44-21-11-10-20-43(44)48-47(49)37-26-27-41-42(30-37)46(36-25-23-32-13-5-7-15-34(32)29-36)40-19-9-8-18-39(40)45(41)35-24-22-31-12-4-6-14-33(31)28-35/h1-18,20-30,40H,19H2. The molecular weight excluding hydrogens is 593 g/mol. The van der Waals surface area contributed by atoms with E-state index in [4.69, 9.17) is 4.98 Å². The van der Waals surface area contributed by atoms with Crippen LogP contribution in [0.2, 0.25) is 0 Å². The highest BCUT2D eigenvalue weighted by atomic mass is 15.1. The van der Waals surface area contributed by atoms with Gasteiger partial charge in [-0.15, -0.1) is 0 Å². The minimum atomic E-state index is 0.225. The van der Waals surface area contributed by atoms with Crippen molar-refractivity contribution in [2.75, 3.05) is 0 Å². The molecule has 0 spiro atoms. The molecule has 1 aromatic heterocycles. The lowest BCUT2D eigenvalue weighted by Crippen LogP contribution is -2.38. The van der Waals surface area contributed by atoms with E-state index in [9.17, 15) is 0 Å². The number of hydrogen-bond donors (Lipinski definition) is 0. The third-order valence-corrected chi connectivity index (χ3v) is 10.3. The first kappa shape index (κ1) is 27.8. The lowest BCUT2D eigenvalue weighted by atomic mass is 9.72. The number of benzene rings is 7. The highest BCUT2D eigenvalue weighted by Crippen LogP contribution is 2.41. The van der Waals surface area contributed by atoms with E-state index in [2.05, 4.69) is 181 Å². The second-order valence-electron chi connectivity index (χ2n) is 13.1. The summed E-state index contributed by atoms with van der Waals surface area (Å²) in [5, 5.41) is 7.58. The van der Waals surface area contributed by atoms with Crippen molar-refractivity contribution in [2.24, 2.45) is 5.92 Å². The van der Waals surface area contributed by atoms with E-state index in [1.54, 1.807) is 0 Å². The molecule has 49 heavy (non-hydrogen) atoms. The molecule has 2 heteroatoms. The lowest BCUT2D eigenvalue weighted by Gasteiger charge is -2.31. The summed E-state index contributed by atoms with van der Waals surface area (Å²) >= 11 is 0. The van der Waals surface area contributed by atoms with Gasteiger partial charge in [0.05, 0.1) is 11.0 Å². The Bertz CT molecular complexity index is 2800. The van der Waals surface area contributed by atoms with Gasteiger partial charge in [-0.3, -0.25) is 4.57 Å². The first-order valence-electron chi connectivity index (χ1n) is 17.1. The van der Waals surface area contributed by atoms with Gasteiger partial charge in [0.15, 0.2) is 0 Å². The second-order valence-corrected chi connectivity index (χ2v) is 13.1. The average molecular weight is 625 g/mol. The van der Waals surface area contributed by atoms with E-state index in [-0.39, 0.29) is 5.92 Å². The number of rotatable bonds is 4. The molecule has 2 aliphatic carbocycles. The Kier molecular flexibility index (Phi) is 6.35. The number of para-hydroxylation sites is 3. The topological polar surface area (TPSA) is 17.8 Å². The fourth-order valence-electron chi connectivity index (χ4n) is 8.07. The minimum Gasteiger partial charge on any atom is -0.292 e. The maximum atomic E-state index is 5.26. The van der Waals surface area contributed by atoms with Crippen LogP contribution in [0.1, 0.15) is 17.5 Å². The van der Waals surface area contributed by atoms with E-state index in [0.717, 1.165) is 34.5 Å². The van der Waals surface area contributed by atoms with Gasteiger partial charge in [0, 0.05) is 17.2 Å². The van der Waals surface area contributed by atoms with Crippen molar-refractivity contribution in [2.45, 2.75) is 6.42 Å². The molecular formula is C47H32N2. The maximum absolute atomic E-state index is 5.26. The molecule has 0 saturated heterocycles. The Morgan fingerprint density at radius 1 is 0.531 bits per heavy atom.